The Morgan fingerprint density at radius 1 is 1.35 bits per heavy atom. The van der Waals surface area contributed by atoms with Crippen LogP contribution in [0.1, 0.15) is 6.42 Å². The molecule has 1 amide bonds. The van der Waals surface area contributed by atoms with Crippen molar-refractivity contribution in [3.8, 4) is 11.5 Å². The Labute approximate surface area is 153 Å². The maximum atomic E-state index is 12.0. The molecule has 3 heterocycles. The molecule has 4 rings (SSSR count). The molecule has 8 nitrogen and oxygen atoms in total. The zero-order valence-electron chi connectivity index (χ0n) is 13.6. The lowest BCUT2D eigenvalue weighted by Gasteiger charge is -2.09. The van der Waals surface area contributed by atoms with Gasteiger partial charge in [-0.25, -0.2) is 8.42 Å². The monoisotopic (exact) mass is 392 g/mol. The minimum absolute atomic E-state index is 0.00861. The van der Waals surface area contributed by atoms with Crippen LogP contribution in [0.15, 0.2) is 40.1 Å². The number of fused-ring (bicyclic) bond motifs is 1. The molecule has 1 aliphatic heterocycles. The van der Waals surface area contributed by atoms with Gasteiger partial charge in [0, 0.05) is 23.1 Å². The molecule has 10 heteroatoms. The summed E-state index contributed by atoms with van der Waals surface area (Å²) in [5.41, 5.74) is 1.78. The first-order chi connectivity index (χ1) is 12.5. The van der Waals surface area contributed by atoms with Crippen LogP contribution in [0.2, 0.25) is 0 Å². The van der Waals surface area contributed by atoms with Crippen molar-refractivity contribution >= 4 is 38.4 Å². The minimum Gasteiger partial charge on any atom is -0.411 e. The van der Waals surface area contributed by atoms with Gasteiger partial charge in [-0.3, -0.25) is 4.79 Å². The van der Waals surface area contributed by atoms with E-state index in [1.54, 1.807) is 6.20 Å². The number of rotatable bonds is 5. The molecule has 2 N–H and O–H groups in total. The number of benzene rings is 1. The topological polar surface area (TPSA) is 118 Å². The third kappa shape index (κ3) is 3.61. The van der Waals surface area contributed by atoms with Gasteiger partial charge in [-0.2, -0.15) is 0 Å². The summed E-state index contributed by atoms with van der Waals surface area (Å²) in [6.45, 7) is 0. The molecule has 1 atom stereocenters. The summed E-state index contributed by atoms with van der Waals surface area (Å²) < 4.78 is 28.5. The van der Waals surface area contributed by atoms with Crippen LogP contribution >= 0.6 is 11.8 Å². The first-order valence-corrected chi connectivity index (χ1v) is 10.8. The van der Waals surface area contributed by atoms with Crippen LogP contribution in [-0.4, -0.2) is 52.8 Å². The smallest absolute Gasteiger partial charge is 0.277 e. The van der Waals surface area contributed by atoms with Crippen LogP contribution in [0.3, 0.4) is 0 Å². The first-order valence-electron chi connectivity index (χ1n) is 8.03. The van der Waals surface area contributed by atoms with E-state index in [-0.39, 0.29) is 29.2 Å². The molecule has 3 aromatic rings. The van der Waals surface area contributed by atoms with Gasteiger partial charge >= 0.3 is 0 Å². The quantitative estimate of drug-likeness (QED) is 0.633. The Bertz CT molecular complexity index is 1060. The molecule has 0 radical (unpaired) electrons. The number of carbonyl (C=O) groups excluding carboxylic acids is 1. The Hall–Kier alpha value is -2.33. The summed E-state index contributed by atoms with van der Waals surface area (Å²) in [5.74, 6) is 0.361. The van der Waals surface area contributed by atoms with Crippen molar-refractivity contribution in [1.82, 2.24) is 20.5 Å². The van der Waals surface area contributed by atoms with Gasteiger partial charge in [0.15, 0.2) is 9.84 Å². The highest BCUT2D eigenvalue weighted by Gasteiger charge is 2.28. The fraction of sp³-hybridized carbons (Fsp3) is 0.312. The van der Waals surface area contributed by atoms with E-state index in [9.17, 15) is 13.2 Å². The van der Waals surface area contributed by atoms with Gasteiger partial charge in [-0.15, -0.1) is 10.2 Å². The third-order valence-electron chi connectivity index (χ3n) is 4.15. The lowest BCUT2D eigenvalue weighted by Crippen LogP contribution is -2.36. The number of hydrogen-bond donors (Lipinski definition) is 2. The van der Waals surface area contributed by atoms with Crippen molar-refractivity contribution in [3.05, 3.63) is 30.5 Å². The van der Waals surface area contributed by atoms with Crippen molar-refractivity contribution in [2.75, 3.05) is 17.3 Å². The molecule has 136 valence electrons. The summed E-state index contributed by atoms with van der Waals surface area (Å²) in [6.07, 6.45) is 2.27. The second-order valence-corrected chi connectivity index (χ2v) is 9.23. The molecule has 0 aliphatic carbocycles. The standard InChI is InChI=1S/C16H16N4O4S2/c21-14(18-10-5-6-26(22,23)9-10)8-25-16-20-19-15(24-16)12-7-17-13-4-2-1-3-11(12)13/h1-4,7,10,17H,5-6,8-9H2,(H,18,21)/t10-/m0/s1. The van der Waals surface area contributed by atoms with E-state index in [0.29, 0.717) is 17.5 Å². The molecule has 0 unspecified atom stereocenters. The van der Waals surface area contributed by atoms with Gasteiger partial charge < -0.3 is 14.7 Å². The summed E-state index contributed by atoms with van der Waals surface area (Å²) in [5, 5.41) is 12.0. The average Bonchev–Trinajstić information content (AvgIpc) is 3.31. The lowest BCUT2D eigenvalue weighted by molar-refractivity contribution is -0.119. The maximum absolute atomic E-state index is 12.0. The van der Waals surface area contributed by atoms with E-state index in [4.69, 9.17) is 4.42 Å². The molecule has 1 aliphatic rings. The number of aromatic amines is 1. The fourth-order valence-corrected chi connectivity index (χ4v) is 5.18. The van der Waals surface area contributed by atoms with Crippen LogP contribution in [0.4, 0.5) is 0 Å². The highest BCUT2D eigenvalue weighted by molar-refractivity contribution is 7.99. The number of carbonyl (C=O) groups is 1. The zero-order chi connectivity index (χ0) is 18.1. The summed E-state index contributed by atoms with van der Waals surface area (Å²) in [4.78, 5) is 15.1. The van der Waals surface area contributed by atoms with E-state index in [2.05, 4.69) is 20.5 Å². The van der Waals surface area contributed by atoms with Crippen LogP contribution in [0.5, 0.6) is 0 Å². The van der Waals surface area contributed by atoms with Gasteiger partial charge in [0.2, 0.25) is 5.91 Å². The molecule has 0 spiro atoms. The van der Waals surface area contributed by atoms with Crippen LogP contribution < -0.4 is 5.32 Å². The summed E-state index contributed by atoms with van der Waals surface area (Å²) in [7, 11) is -3.01. The Balaban J connectivity index is 1.37. The molecular formula is C16H16N4O4S2. The maximum Gasteiger partial charge on any atom is 0.277 e. The van der Waals surface area contributed by atoms with Gasteiger partial charge in [-0.1, -0.05) is 30.0 Å². The van der Waals surface area contributed by atoms with Crippen molar-refractivity contribution in [2.24, 2.45) is 0 Å². The van der Waals surface area contributed by atoms with E-state index in [0.717, 1.165) is 28.2 Å². The molecule has 1 saturated heterocycles. The van der Waals surface area contributed by atoms with Crippen LogP contribution in [0, 0.1) is 0 Å². The van der Waals surface area contributed by atoms with E-state index < -0.39 is 9.84 Å². The number of H-pyrrole nitrogens is 1. The average molecular weight is 392 g/mol. The van der Waals surface area contributed by atoms with E-state index in [1.165, 1.54) is 0 Å². The normalized spacial score (nSPS) is 19.0. The van der Waals surface area contributed by atoms with Gasteiger partial charge in [0.25, 0.3) is 11.1 Å². The number of sulfone groups is 1. The SMILES string of the molecule is O=C(CSc1nnc(-c2c[nH]c3ccccc23)o1)N[C@H]1CCS(=O)(=O)C1. The zero-order valence-corrected chi connectivity index (χ0v) is 15.3. The largest absolute Gasteiger partial charge is 0.411 e. The van der Waals surface area contributed by atoms with E-state index in [1.807, 2.05) is 24.3 Å². The molecule has 1 fully saturated rings. The van der Waals surface area contributed by atoms with Crippen molar-refractivity contribution < 1.29 is 17.6 Å². The Morgan fingerprint density at radius 2 is 2.19 bits per heavy atom. The number of nitrogens with zero attached hydrogens (tertiary/aromatic N) is 2. The number of aromatic nitrogens is 3. The highest BCUT2D eigenvalue weighted by Crippen LogP contribution is 2.29. The van der Waals surface area contributed by atoms with Crippen LogP contribution in [0.25, 0.3) is 22.4 Å². The first kappa shape index (κ1) is 17.1. The molecular weight excluding hydrogens is 376 g/mol. The molecule has 26 heavy (non-hydrogen) atoms. The fourth-order valence-electron chi connectivity index (χ4n) is 2.93. The second-order valence-electron chi connectivity index (χ2n) is 6.08. The number of thioether (sulfide) groups is 1. The lowest BCUT2D eigenvalue weighted by atomic mass is 10.2. The minimum atomic E-state index is -3.01. The van der Waals surface area contributed by atoms with Gasteiger partial charge in [-0.05, 0) is 12.5 Å². The second kappa shape index (κ2) is 6.76. The summed E-state index contributed by atoms with van der Waals surface area (Å²) >= 11 is 1.12. The predicted molar refractivity (Wildman–Crippen MR) is 97.5 cm³/mol. The van der Waals surface area contributed by atoms with Crippen molar-refractivity contribution in [1.29, 1.82) is 0 Å². The molecule has 0 bridgehead atoms. The Morgan fingerprint density at radius 3 is 3.00 bits per heavy atom. The molecule has 0 saturated carbocycles. The highest BCUT2D eigenvalue weighted by atomic mass is 32.2. The van der Waals surface area contributed by atoms with Crippen LogP contribution in [-0.2, 0) is 14.6 Å². The third-order valence-corrected chi connectivity index (χ3v) is 6.74. The van der Waals surface area contributed by atoms with E-state index >= 15 is 0 Å². The number of amides is 1. The van der Waals surface area contributed by atoms with Gasteiger partial charge in [0.05, 0.1) is 22.8 Å². The number of nitrogens with one attached hydrogen (secondary N) is 2. The molecule has 1 aromatic carbocycles. The Kier molecular flexibility index (Phi) is 4.45. The van der Waals surface area contributed by atoms with Crippen molar-refractivity contribution in [2.45, 2.75) is 17.7 Å². The molecule has 2 aromatic heterocycles. The van der Waals surface area contributed by atoms with Gasteiger partial charge in [0.1, 0.15) is 0 Å². The number of para-hydroxylation sites is 1. The predicted octanol–water partition coefficient (Wildman–Crippen LogP) is 1.61. The number of hydrogen-bond acceptors (Lipinski definition) is 7. The summed E-state index contributed by atoms with van der Waals surface area (Å²) in [6, 6.07) is 7.47. The van der Waals surface area contributed by atoms with Crippen molar-refractivity contribution in [3.63, 3.8) is 0 Å².